The van der Waals surface area contributed by atoms with Gasteiger partial charge in [0, 0.05) is 19.4 Å². The molecule has 0 N–H and O–H groups in total. The smallest absolute Gasteiger partial charge is 0.306 e. The van der Waals surface area contributed by atoms with Crippen molar-refractivity contribution < 1.29 is 23.8 Å². The third-order valence-electron chi connectivity index (χ3n) is 11.7. The standard InChI is InChI=1S/C65H106O5/c1-4-7-10-13-16-19-22-25-28-31-33-35-37-40-43-46-49-52-55-58-64(66)69-62-63(61-68-60-57-54-51-48-45-42-39-30-27-24-21-18-15-12-9-6-3)70-65(67)59-56-53-50-47-44-41-38-36-34-32-29-26-23-20-17-14-11-8-5-2/h7,10,16-21,25-30,33-36,40,43,49,52,63H,4-6,8-9,11-15,22-24,31-32,37-39,41-42,44-48,50-51,53-62H2,1-3H3/b10-7-,19-16-,20-17-,21-18-,28-25-,29-26-,30-27-,35-33-,36-34-,43-40-,52-49-. The number of hydrogen-bond donors (Lipinski definition) is 0. The van der Waals surface area contributed by atoms with Gasteiger partial charge in [0.1, 0.15) is 6.61 Å². The van der Waals surface area contributed by atoms with Crippen molar-refractivity contribution >= 4 is 11.9 Å². The summed E-state index contributed by atoms with van der Waals surface area (Å²) in [6.45, 7) is 7.54. The first-order chi connectivity index (χ1) is 34.6. The molecular formula is C65H106O5. The summed E-state index contributed by atoms with van der Waals surface area (Å²) in [7, 11) is 0. The summed E-state index contributed by atoms with van der Waals surface area (Å²) in [6.07, 6.45) is 84.8. The molecule has 0 aromatic heterocycles. The molecular weight excluding hydrogens is 861 g/mol. The predicted molar refractivity (Wildman–Crippen MR) is 306 cm³/mol. The largest absolute Gasteiger partial charge is 0.462 e. The average molecular weight is 968 g/mol. The van der Waals surface area contributed by atoms with E-state index in [0.717, 1.165) is 103 Å². The van der Waals surface area contributed by atoms with Crippen LogP contribution in [0.15, 0.2) is 134 Å². The minimum atomic E-state index is -0.590. The summed E-state index contributed by atoms with van der Waals surface area (Å²) in [4.78, 5) is 25.5. The van der Waals surface area contributed by atoms with Gasteiger partial charge in [-0.15, -0.1) is 0 Å². The summed E-state index contributed by atoms with van der Waals surface area (Å²) in [5.41, 5.74) is 0. The Kier molecular flexibility index (Phi) is 56.0. The van der Waals surface area contributed by atoms with Crippen LogP contribution in [0.2, 0.25) is 0 Å². The Morgan fingerprint density at radius 3 is 1.09 bits per heavy atom. The molecule has 0 saturated heterocycles. The number of carbonyl (C=O) groups is 2. The first-order valence-electron chi connectivity index (χ1n) is 28.7. The van der Waals surface area contributed by atoms with Crippen molar-refractivity contribution in [1.82, 2.24) is 0 Å². The summed E-state index contributed by atoms with van der Waals surface area (Å²) in [5, 5.41) is 0. The average Bonchev–Trinajstić information content (AvgIpc) is 3.36. The molecule has 70 heavy (non-hydrogen) atoms. The Morgan fingerprint density at radius 1 is 0.329 bits per heavy atom. The molecule has 0 aliphatic carbocycles. The fourth-order valence-corrected chi connectivity index (χ4v) is 7.40. The van der Waals surface area contributed by atoms with E-state index in [1.165, 1.54) is 96.3 Å². The second-order valence-corrected chi connectivity index (χ2v) is 18.4. The van der Waals surface area contributed by atoms with Gasteiger partial charge in [-0.25, -0.2) is 0 Å². The predicted octanol–water partition coefficient (Wildman–Crippen LogP) is 19.9. The molecule has 0 spiro atoms. The fraction of sp³-hybridized carbons (Fsp3) is 0.631. The number of carbonyl (C=O) groups excluding carboxylic acids is 2. The maximum atomic E-state index is 12.9. The summed E-state index contributed by atoms with van der Waals surface area (Å²) >= 11 is 0. The van der Waals surface area contributed by atoms with E-state index in [2.05, 4.69) is 148 Å². The first kappa shape index (κ1) is 66.0. The van der Waals surface area contributed by atoms with E-state index in [0.29, 0.717) is 25.9 Å². The van der Waals surface area contributed by atoms with E-state index in [4.69, 9.17) is 14.2 Å². The van der Waals surface area contributed by atoms with Crippen LogP contribution in [-0.4, -0.2) is 37.9 Å². The van der Waals surface area contributed by atoms with E-state index >= 15 is 0 Å². The zero-order valence-electron chi connectivity index (χ0n) is 45.5. The molecule has 0 aliphatic heterocycles. The van der Waals surface area contributed by atoms with Crippen molar-refractivity contribution in [2.24, 2.45) is 0 Å². The molecule has 5 nitrogen and oxygen atoms in total. The quantitative estimate of drug-likeness (QED) is 0.0345. The summed E-state index contributed by atoms with van der Waals surface area (Å²) in [5.74, 6) is -0.520. The van der Waals surface area contributed by atoms with Crippen molar-refractivity contribution in [3.05, 3.63) is 134 Å². The minimum Gasteiger partial charge on any atom is -0.462 e. The molecule has 396 valence electrons. The minimum absolute atomic E-state index is 0.0271. The molecule has 0 saturated carbocycles. The van der Waals surface area contributed by atoms with E-state index in [1.54, 1.807) is 0 Å². The van der Waals surface area contributed by atoms with Crippen LogP contribution in [0, 0.1) is 0 Å². The van der Waals surface area contributed by atoms with E-state index < -0.39 is 6.10 Å². The van der Waals surface area contributed by atoms with E-state index in [-0.39, 0.29) is 25.2 Å². The van der Waals surface area contributed by atoms with Gasteiger partial charge < -0.3 is 14.2 Å². The maximum absolute atomic E-state index is 12.9. The van der Waals surface area contributed by atoms with Gasteiger partial charge in [0.2, 0.25) is 0 Å². The van der Waals surface area contributed by atoms with Gasteiger partial charge in [-0.1, -0.05) is 231 Å². The van der Waals surface area contributed by atoms with Crippen molar-refractivity contribution in [2.75, 3.05) is 19.8 Å². The highest BCUT2D eigenvalue weighted by molar-refractivity contribution is 5.70. The Hall–Kier alpha value is -3.96. The molecule has 0 fully saturated rings. The molecule has 0 rings (SSSR count). The molecule has 0 bridgehead atoms. The monoisotopic (exact) mass is 967 g/mol. The van der Waals surface area contributed by atoms with Crippen LogP contribution in [0.25, 0.3) is 0 Å². The normalized spacial score (nSPS) is 13.2. The number of rotatable bonds is 51. The second kappa shape index (κ2) is 59.3. The highest BCUT2D eigenvalue weighted by atomic mass is 16.6. The van der Waals surface area contributed by atoms with Crippen LogP contribution in [-0.2, 0) is 23.8 Å². The van der Waals surface area contributed by atoms with Crippen molar-refractivity contribution in [3.8, 4) is 0 Å². The van der Waals surface area contributed by atoms with Crippen LogP contribution in [0.4, 0.5) is 0 Å². The van der Waals surface area contributed by atoms with Crippen LogP contribution >= 0.6 is 0 Å². The van der Waals surface area contributed by atoms with Crippen LogP contribution in [0.1, 0.15) is 239 Å². The zero-order chi connectivity index (χ0) is 50.6. The molecule has 1 atom stereocenters. The van der Waals surface area contributed by atoms with Gasteiger partial charge in [-0.2, -0.15) is 0 Å². The van der Waals surface area contributed by atoms with Crippen molar-refractivity contribution in [3.63, 3.8) is 0 Å². The zero-order valence-corrected chi connectivity index (χ0v) is 45.5. The van der Waals surface area contributed by atoms with Crippen LogP contribution < -0.4 is 0 Å². The molecule has 0 aromatic rings. The topological polar surface area (TPSA) is 61.8 Å². The molecule has 0 amide bonds. The Morgan fingerprint density at radius 2 is 0.671 bits per heavy atom. The molecule has 0 aromatic carbocycles. The third-order valence-corrected chi connectivity index (χ3v) is 11.7. The third kappa shape index (κ3) is 56.6. The second-order valence-electron chi connectivity index (χ2n) is 18.4. The molecule has 0 radical (unpaired) electrons. The van der Waals surface area contributed by atoms with Crippen molar-refractivity contribution in [2.45, 2.75) is 245 Å². The Balaban J connectivity index is 4.47. The number of esters is 2. The maximum Gasteiger partial charge on any atom is 0.306 e. The summed E-state index contributed by atoms with van der Waals surface area (Å²) in [6, 6.07) is 0. The highest BCUT2D eigenvalue weighted by Gasteiger charge is 2.17. The lowest BCUT2D eigenvalue weighted by Gasteiger charge is -2.18. The van der Waals surface area contributed by atoms with Gasteiger partial charge in [0.25, 0.3) is 0 Å². The lowest BCUT2D eigenvalue weighted by Crippen LogP contribution is -2.30. The number of unbranched alkanes of at least 4 members (excludes halogenated alkanes) is 18. The molecule has 5 heteroatoms. The van der Waals surface area contributed by atoms with Gasteiger partial charge in [-0.3, -0.25) is 9.59 Å². The van der Waals surface area contributed by atoms with Gasteiger partial charge in [0.05, 0.1) is 6.61 Å². The molecule has 0 heterocycles. The molecule has 0 aliphatic rings. The van der Waals surface area contributed by atoms with Gasteiger partial charge in [0.15, 0.2) is 6.10 Å². The Bertz CT molecular complexity index is 1470. The van der Waals surface area contributed by atoms with Gasteiger partial charge in [-0.05, 0) is 128 Å². The Labute approximate surface area is 432 Å². The molecule has 1 unspecified atom stereocenters. The number of hydrogen-bond acceptors (Lipinski definition) is 5. The van der Waals surface area contributed by atoms with Crippen molar-refractivity contribution in [1.29, 1.82) is 0 Å². The van der Waals surface area contributed by atoms with Gasteiger partial charge >= 0.3 is 11.9 Å². The summed E-state index contributed by atoms with van der Waals surface area (Å²) < 4.78 is 17.4. The fourth-order valence-electron chi connectivity index (χ4n) is 7.40. The highest BCUT2D eigenvalue weighted by Crippen LogP contribution is 2.13. The van der Waals surface area contributed by atoms with E-state index in [1.807, 2.05) is 6.08 Å². The number of allylic oxidation sites excluding steroid dienone is 22. The van der Waals surface area contributed by atoms with Crippen LogP contribution in [0.3, 0.4) is 0 Å². The lowest BCUT2D eigenvalue weighted by atomic mass is 10.1. The van der Waals surface area contributed by atoms with Crippen LogP contribution in [0.5, 0.6) is 0 Å². The van der Waals surface area contributed by atoms with E-state index in [9.17, 15) is 9.59 Å². The SMILES string of the molecule is CC/C=C\C/C=C\C/C=C\C/C=C\C/C=C\C/C=C\CCC(=O)OCC(COCCCCCCCC/C=C\C/C=C\CCCCC)OC(=O)CCCCCCCC/C=C\C/C=C\C/C=C\CCCCC. The first-order valence-corrected chi connectivity index (χ1v) is 28.7. The number of ether oxygens (including phenoxy) is 3. The lowest BCUT2D eigenvalue weighted by molar-refractivity contribution is -0.162.